The lowest BCUT2D eigenvalue weighted by atomic mass is 10.1. The number of sulfone groups is 1. The fraction of sp³-hybridized carbons (Fsp3) is 0.400. The second kappa shape index (κ2) is 6.42. The number of nitrogens with zero attached hydrogens (tertiary/aromatic N) is 2. The first-order valence-electron chi connectivity index (χ1n) is 9.49. The molecule has 1 atom stereocenters. The van der Waals surface area contributed by atoms with Gasteiger partial charge in [-0.25, -0.2) is 13.1 Å². The van der Waals surface area contributed by atoms with Crippen LogP contribution < -0.4 is 5.32 Å². The Morgan fingerprint density at radius 2 is 2.07 bits per heavy atom. The molecule has 3 heterocycles. The lowest BCUT2D eigenvalue weighted by Crippen LogP contribution is -2.19. The summed E-state index contributed by atoms with van der Waals surface area (Å²) in [7, 11) is -3.03. The van der Waals surface area contributed by atoms with Crippen LogP contribution in [0.2, 0.25) is 0 Å². The van der Waals surface area contributed by atoms with Gasteiger partial charge in [0.2, 0.25) is 0 Å². The van der Waals surface area contributed by atoms with E-state index in [1.54, 1.807) is 16.0 Å². The first-order valence-corrected chi connectivity index (χ1v) is 12.2. The zero-order chi connectivity index (χ0) is 19.5. The smallest absolute Gasteiger partial charge is 0.258 e. The Morgan fingerprint density at radius 3 is 2.79 bits per heavy atom. The summed E-state index contributed by atoms with van der Waals surface area (Å²) in [6, 6.07) is 7.76. The zero-order valence-corrected chi connectivity index (χ0v) is 17.1. The van der Waals surface area contributed by atoms with Gasteiger partial charge in [0.1, 0.15) is 5.82 Å². The zero-order valence-electron chi connectivity index (χ0n) is 15.5. The Morgan fingerprint density at radius 1 is 1.25 bits per heavy atom. The Bertz CT molecular complexity index is 1190. The van der Waals surface area contributed by atoms with Crippen LogP contribution in [0.15, 0.2) is 29.6 Å². The summed E-state index contributed by atoms with van der Waals surface area (Å²) < 4.78 is 26.7. The lowest BCUT2D eigenvalue weighted by molar-refractivity contribution is 0.102. The van der Waals surface area contributed by atoms with E-state index in [4.69, 9.17) is 0 Å². The van der Waals surface area contributed by atoms with Gasteiger partial charge >= 0.3 is 0 Å². The van der Waals surface area contributed by atoms with E-state index in [0.717, 1.165) is 34.2 Å². The van der Waals surface area contributed by atoms with Crippen LogP contribution in [0.4, 0.5) is 5.82 Å². The van der Waals surface area contributed by atoms with E-state index in [0.29, 0.717) is 23.7 Å². The largest absolute Gasteiger partial charge is 0.307 e. The van der Waals surface area contributed by atoms with Gasteiger partial charge in [0.15, 0.2) is 9.84 Å². The summed E-state index contributed by atoms with van der Waals surface area (Å²) in [4.78, 5) is 13.0. The monoisotopic (exact) mass is 415 g/mol. The van der Waals surface area contributed by atoms with Crippen molar-refractivity contribution in [2.45, 2.75) is 38.1 Å². The van der Waals surface area contributed by atoms with Gasteiger partial charge in [-0.3, -0.25) is 4.79 Å². The van der Waals surface area contributed by atoms with Crippen molar-refractivity contribution < 1.29 is 13.2 Å². The van der Waals surface area contributed by atoms with Crippen molar-refractivity contribution in [3.05, 3.63) is 46.5 Å². The fourth-order valence-corrected chi connectivity index (χ4v) is 6.56. The van der Waals surface area contributed by atoms with Crippen molar-refractivity contribution in [3.63, 3.8) is 0 Å². The summed E-state index contributed by atoms with van der Waals surface area (Å²) in [6.45, 7) is 2.03. The summed E-state index contributed by atoms with van der Waals surface area (Å²) in [6.07, 6.45) is 2.74. The maximum atomic E-state index is 13.0. The van der Waals surface area contributed by atoms with Gasteiger partial charge in [-0.1, -0.05) is 12.1 Å². The molecule has 8 heteroatoms. The summed E-state index contributed by atoms with van der Waals surface area (Å²) >= 11 is 1.55. The Hall–Kier alpha value is -2.19. The molecule has 5 rings (SSSR count). The number of hydrogen-bond acceptors (Lipinski definition) is 5. The van der Waals surface area contributed by atoms with Crippen molar-refractivity contribution in [2.75, 3.05) is 16.8 Å². The summed E-state index contributed by atoms with van der Waals surface area (Å²) in [5.74, 6) is 1.11. The Kier molecular flexibility index (Phi) is 4.10. The summed E-state index contributed by atoms with van der Waals surface area (Å²) in [5, 5.41) is 10.5. The number of hydrogen-bond donors (Lipinski definition) is 1. The molecular formula is C20H21N3O3S2. The maximum absolute atomic E-state index is 13.0. The molecule has 1 aliphatic carbocycles. The van der Waals surface area contributed by atoms with Gasteiger partial charge in [-0.2, -0.15) is 5.10 Å². The molecule has 1 aliphatic heterocycles. The molecule has 6 nitrogen and oxygen atoms in total. The molecule has 1 saturated heterocycles. The van der Waals surface area contributed by atoms with Crippen LogP contribution in [0.1, 0.15) is 52.8 Å². The third kappa shape index (κ3) is 3.24. The minimum absolute atomic E-state index is 0.0856. The highest BCUT2D eigenvalue weighted by Gasteiger charge is 2.34. The number of aryl methyl sites for hydroxylation is 1. The van der Waals surface area contributed by atoms with Crippen LogP contribution in [-0.2, 0) is 9.84 Å². The highest BCUT2D eigenvalue weighted by Crippen LogP contribution is 2.41. The minimum Gasteiger partial charge on any atom is -0.307 e. The molecule has 1 saturated carbocycles. The van der Waals surface area contributed by atoms with Crippen LogP contribution in [0, 0.1) is 6.92 Å². The van der Waals surface area contributed by atoms with E-state index in [1.165, 1.54) is 0 Å². The van der Waals surface area contributed by atoms with Gasteiger partial charge in [-0.05, 0) is 37.8 Å². The second-order valence-electron chi connectivity index (χ2n) is 7.83. The van der Waals surface area contributed by atoms with E-state index in [9.17, 15) is 13.2 Å². The van der Waals surface area contributed by atoms with Crippen LogP contribution in [-0.4, -0.2) is 35.6 Å². The van der Waals surface area contributed by atoms with Gasteiger partial charge < -0.3 is 5.32 Å². The van der Waals surface area contributed by atoms with Crippen LogP contribution in [0.5, 0.6) is 0 Å². The number of rotatable bonds is 4. The van der Waals surface area contributed by atoms with Crippen molar-refractivity contribution >= 4 is 43.0 Å². The third-order valence-electron chi connectivity index (χ3n) is 5.52. The van der Waals surface area contributed by atoms with Crippen LogP contribution in [0.3, 0.4) is 0 Å². The van der Waals surface area contributed by atoms with E-state index >= 15 is 0 Å². The lowest BCUT2D eigenvalue weighted by Gasteiger charge is -2.13. The van der Waals surface area contributed by atoms with Crippen LogP contribution in [0.25, 0.3) is 10.1 Å². The molecule has 1 N–H and O–H groups in total. The van der Waals surface area contributed by atoms with Crippen molar-refractivity contribution in [1.29, 1.82) is 0 Å². The number of fused-ring (bicyclic) bond motifs is 1. The minimum atomic E-state index is -3.03. The van der Waals surface area contributed by atoms with Crippen molar-refractivity contribution in [1.82, 2.24) is 9.78 Å². The van der Waals surface area contributed by atoms with E-state index < -0.39 is 9.84 Å². The number of nitrogens with one attached hydrogen (secondary N) is 1. The molecule has 146 valence electrons. The molecule has 2 aliphatic rings. The molecule has 1 unspecified atom stereocenters. The first-order chi connectivity index (χ1) is 13.4. The van der Waals surface area contributed by atoms with Gasteiger partial charge in [-0.15, -0.1) is 11.3 Å². The summed E-state index contributed by atoms with van der Waals surface area (Å²) in [5.41, 5.74) is 2.75. The second-order valence-corrected chi connectivity index (χ2v) is 11.0. The standard InChI is InChI=1S/C20H21N3O3S2/c1-12-2-5-15-16(10-27-18(15)8-12)20(24)21-19-9-17(13-3-4-13)22-23(19)14-6-7-28(25,26)11-14/h2,5,8-10,13-14H,3-4,6-7,11H2,1H3,(H,21,24). The Balaban J connectivity index is 1.47. The predicted octanol–water partition coefficient (Wildman–Crippen LogP) is 3.90. The molecule has 1 amide bonds. The maximum Gasteiger partial charge on any atom is 0.258 e. The molecule has 3 aromatic rings. The molecule has 2 aromatic heterocycles. The highest BCUT2D eigenvalue weighted by atomic mass is 32.2. The van der Waals surface area contributed by atoms with Crippen molar-refractivity contribution in [3.8, 4) is 0 Å². The van der Waals surface area contributed by atoms with E-state index in [1.807, 2.05) is 30.5 Å². The number of carbonyl (C=O) groups is 1. The molecule has 1 aromatic carbocycles. The number of aromatic nitrogens is 2. The van der Waals surface area contributed by atoms with E-state index in [2.05, 4.69) is 16.5 Å². The molecule has 0 radical (unpaired) electrons. The number of carbonyl (C=O) groups excluding carboxylic acids is 1. The first kappa shape index (κ1) is 17.9. The third-order valence-corrected chi connectivity index (χ3v) is 8.22. The van der Waals surface area contributed by atoms with Gasteiger partial charge in [0.25, 0.3) is 5.91 Å². The average molecular weight is 416 g/mol. The highest BCUT2D eigenvalue weighted by molar-refractivity contribution is 7.91. The molecule has 0 bridgehead atoms. The van der Waals surface area contributed by atoms with E-state index in [-0.39, 0.29) is 23.5 Å². The molecule has 2 fully saturated rings. The topological polar surface area (TPSA) is 81.1 Å². The van der Waals surface area contributed by atoms with Gasteiger partial charge in [0.05, 0.1) is 28.8 Å². The number of anilines is 1. The normalized spacial score (nSPS) is 21.2. The number of thiophene rings is 1. The van der Waals surface area contributed by atoms with Crippen LogP contribution >= 0.6 is 11.3 Å². The SMILES string of the molecule is Cc1ccc2c(C(=O)Nc3cc(C4CC4)nn3C3CCS(=O)(=O)C3)csc2c1. The predicted molar refractivity (Wildman–Crippen MR) is 111 cm³/mol. The Labute approximate surface area is 167 Å². The number of benzene rings is 1. The quantitative estimate of drug-likeness (QED) is 0.701. The average Bonchev–Trinajstić information content (AvgIpc) is 3.11. The van der Waals surface area contributed by atoms with Gasteiger partial charge in [0, 0.05) is 27.5 Å². The fourth-order valence-electron chi connectivity index (χ4n) is 3.83. The van der Waals surface area contributed by atoms with Crippen molar-refractivity contribution in [2.24, 2.45) is 0 Å². The molecule has 0 spiro atoms. The molecule has 28 heavy (non-hydrogen) atoms. The number of amides is 1. The molecular weight excluding hydrogens is 394 g/mol.